The van der Waals surface area contributed by atoms with Crippen LogP contribution in [0.2, 0.25) is 0 Å². The van der Waals surface area contributed by atoms with Crippen molar-refractivity contribution in [1.29, 1.82) is 0 Å². The van der Waals surface area contributed by atoms with Crippen LogP contribution in [0.4, 0.5) is 11.4 Å². The minimum Gasteiger partial charge on any atom is -0.336 e. The van der Waals surface area contributed by atoms with Gasteiger partial charge in [-0.2, -0.15) is 0 Å². The highest BCUT2D eigenvalue weighted by Gasteiger charge is 2.38. The molecule has 5 rings (SSSR count). The fourth-order valence-corrected chi connectivity index (χ4v) is 5.87. The zero-order valence-electron chi connectivity index (χ0n) is 22.5. The summed E-state index contributed by atoms with van der Waals surface area (Å²) < 4.78 is 0. The topological polar surface area (TPSA) is 3.24 Å². The van der Waals surface area contributed by atoms with E-state index in [2.05, 4.69) is 139 Å². The zero-order valence-corrected chi connectivity index (χ0v) is 22.5. The molecule has 1 nitrogen and oxygen atoms in total. The van der Waals surface area contributed by atoms with Gasteiger partial charge in [0.05, 0.1) is 0 Å². The van der Waals surface area contributed by atoms with Gasteiger partial charge < -0.3 is 4.90 Å². The number of benzene rings is 4. The van der Waals surface area contributed by atoms with Crippen LogP contribution in [0.5, 0.6) is 0 Å². The Hall–Kier alpha value is -3.32. The number of aryl methyl sites for hydroxylation is 3. The highest BCUT2D eigenvalue weighted by Crippen LogP contribution is 2.52. The van der Waals surface area contributed by atoms with Gasteiger partial charge in [-0.25, -0.2) is 0 Å². The van der Waals surface area contributed by atoms with E-state index in [9.17, 15) is 0 Å². The van der Waals surface area contributed by atoms with E-state index in [1.165, 1.54) is 61.4 Å². The summed E-state index contributed by atoms with van der Waals surface area (Å²) in [6.07, 6.45) is 0. The second-order valence-corrected chi connectivity index (χ2v) is 11.7. The predicted molar refractivity (Wildman–Crippen MR) is 152 cm³/mol. The van der Waals surface area contributed by atoms with Gasteiger partial charge in [-0.1, -0.05) is 80.6 Å². The van der Waals surface area contributed by atoms with Gasteiger partial charge in [0.15, 0.2) is 0 Å². The van der Waals surface area contributed by atoms with E-state index in [1.807, 2.05) is 0 Å². The number of rotatable bonds is 3. The van der Waals surface area contributed by atoms with Gasteiger partial charge in [-0.3, -0.25) is 0 Å². The summed E-state index contributed by atoms with van der Waals surface area (Å²) in [5, 5.41) is 0. The van der Waals surface area contributed by atoms with E-state index in [0.717, 1.165) is 0 Å². The number of nitrogens with zero attached hydrogens (tertiary/aromatic N) is 1. The Kier molecular flexibility index (Phi) is 5.44. The molecule has 0 N–H and O–H groups in total. The van der Waals surface area contributed by atoms with E-state index < -0.39 is 0 Å². The molecule has 0 radical (unpaired) electrons. The molecule has 0 unspecified atom stereocenters. The molecule has 0 spiro atoms. The Morgan fingerprint density at radius 2 is 1.29 bits per heavy atom. The van der Waals surface area contributed by atoms with Crippen molar-refractivity contribution in [3.8, 4) is 22.3 Å². The average Bonchev–Trinajstić information content (AvgIpc) is 3.02. The second kappa shape index (κ2) is 8.12. The number of fused-ring (bicyclic) bond motifs is 3. The van der Waals surface area contributed by atoms with Crippen molar-refractivity contribution < 1.29 is 0 Å². The Morgan fingerprint density at radius 3 is 1.97 bits per heavy atom. The Labute approximate surface area is 211 Å². The van der Waals surface area contributed by atoms with Crippen molar-refractivity contribution in [1.82, 2.24) is 0 Å². The predicted octanol–water partition coefficient (Wildman–Crippen LogP) is 9.52. The lowest BCUT2D eigenvalue weighted by Crippen LogP contribution is -2.38. The van der Waals surface area contributed by atoms with Crippen molar-refractivity contribution in [2.45, 2.75) is 66.3 Å². The molecule has 1 aliphatic carbocycles. The Morgan fingerprint density at radius 1 is 0.600 bits per heavy atom. The van der Waals surface area contributed by atoms with Crippen LogP contribution < -0.4 is 4.90 Å². The molecular formula is C34H37N. The third kappa shape index (κ3) is 3.78. The molecule has 4 aromatic carbocycles. The average molecular weight is 460 g/mol. The van der Waals surface area contributed by atoms with E-state index in [4.69, 9.17) is 0 Å². The highest BCUT2D eigenvalue weighted by molar-refractivity contribution is 5.88. The molecule has 178 valence electrons. The fraction of sp³-hybridized carbons (Fsp3) is 0.294. The maximum absolute atomic E-state index is 2.55. The van der Waals surface area contributed by atoms with E-state index in [-0.39, 0.29) is 11.0 Å². The molecule has 1 heteroatoms. The van der Waals surface area contributed by atoms with Crippen LogP contribution in [-0.2, 0) is 5.41 Å². The van der Waals surface area contributed by atoms with Gasteiger partial charge in [0.1, 0.15) is 0 Å². The smallest absolute Gasteiger partial charge is 0.0451 e. The van der Waals surface area contributed by atoms with E-state index in [1.54, 1.807) is 0 Å². The summed E-state index contributed by atoms with van der Waals surface area (Å²) in [5.74, 6) is 0. The van der Waals surface area contributed by atoms with Crippen LogP contribution in [0.1, 0.15) is 62.4 Å². The normalized spacial score (nSPS) is 13.9. The summed E-state index contributed by atoms with van der Waals surface area (Å²) in [7, 11) is 0. The summed E-state index contributed by atoms with van der Waals surface area (Å²) >= 11 is 0. The van der Waals surface area contributed by atoms with Gasteiger partial charge in [0.25, 0.3) is 0 Å². The van der Waals surface area contributed by atoms with Crippen LogP contribution in [0.15, 0.2) is 78.9 Å². The summed E-state index contributed by atoms with van der Waals surface area (Å²) in [4.78, 5) is 2.55. The molecule has 4 aromatic rings. The molecule has 0 aromatic heterocycles. The number of anilines is 2. The maximum atomic E-state index is 2.55. The lowest BCUT2D eigenvalue weighted by molar-refractivity contribution is 0.558. The van der Waals surface area contributed by atoms with Crippen LogP contribution >= 0.6 is 0 Å². The molecule has 0 aliphatic heterocycles. The van der Waals surface area contributed by atoms with Crippen LogP contribution in [-0.4, -0.2) is 5.54 Å². The maximum Gasteiger partial charge on any atom is 0.0451 e. The SMILES string of the molecule is Cc1ccc(-c2ccccc2)cc1N(c1cc2c(cc1C)C(C)(C)c1cccc(C)c1-2)C(C)(C)C. The van der Waals surface area contributed by atoms with Crippen molar-refractivity contribution in [2.75, 3.05) is 4.90 Å². The molecule has 0 saturated carbocycles. The first-order valence-corrected chi connectivity index (χ1v) is 12.7. The van der Waals surface area contributed by atoms with E-state index in [0.29, 0.717) is 0 Å². The first-order chi connectivity index (χ1) is 16.5. The molecule has 1 aliphatic rings. The minimum absolute atomic E-state index is 0.00960. The molecule has 35 heavy (non-hydrogen) atoms. The van der Waals surface area contributed by atoms with Crippen molar-refractivity contribution in [2.24, 2.45) is 0 Å². The molecule has 0 heterocycles. The van der Waals surface area contributed by atoms with Crippen molar-refractivity contribution >= 4 is 11.4 Å². The van der Waals surface area contributed by atoms with Gasteiger partial charge in [-0.05, 0) is 104 Å². The van der Waals surface area contributed by atoms with Gasteiger partial charge >= 0.3 is 0 Å². The fourth-order valence-electron chi connectivity index (χ4n) is 5.87. The first kappa shape index (κ1) is 23.4. The summed E-state index contributed by atoms with van der Waals surface area (Å²) in [6.45, 7) is 18.4. The largest absolute Gasteiger partial charge is 0.336 e. The van der Waals surface area contributed by atoms with Crippen LogP contribution in [0.25, 0.3) is 22.3 Å². The Bertz CT molecular complexity index is 1420. The monoisotopic (exact) mass is 459 g/mol. The van der Waals surface area contributed by atoms with Crippen molar-refractivity contribution in [3.05, 3.63) is 107 Å². The third-order valence-corrected chi connectivity index (χ3v) is 7.69. The minimum atomic E-state index is -0.0955. The lowest BCUT2D eigenvalue weighted by Gasteiger charge is -2.40. The highest BCUT2D eigenvalue weighted by atomic mass is 15.2. The van der Waals surface area contributed by atoms with Crippen molar-refractivity contribution in [3.63, 3.8) is 0 Å². The molecule has 0 bridgehead atoms. The van der Waals surface area contributed by atoms with Crippen LogP contribution in [0, 0.1) is 20.8 Å². The molecule has 0 fully saturated rings. The van der Waals surface area contributed by atoms with Gasteiger partial charge in [0.2, 0.25) is 0 Å². The zero-order chi connectivity index (χ0) is 25.1. The first-order valence-electron chi connectivity index (χ1n) is 12.7. The molecule has 0 amide bonds. The second-order valence-electron chi connectivity index (χ2n) is 11.7. The molecular weight excluding hydrogens is 422 g/mol. The third-order valence-electron chi connectivity index (χ3n) is 7.69. The number of hydrogen-bond donors (Lipinski definition) is 0. The standard InChI is InChI=1S/C34H37N/c1-22-17-18-26(25-14-10-9-11-15-25)20-30(22)35(33(4,5)6)31-21-27-29(19-24(31)3)34(7,8)28-16-12-13-23(2)32(27)28/h9-21H,1-8H3. The summed E-state index contributed by atoms with van der Waals surface area (Å²) in [5.41, 5.74) is 14.6. The Balaban J connectivity index is 1.75. The molecule has 0 saturated heterocycles. The van der Waals surface area contributed by atoms with E-state index >= 15 is 0 Å². The summed E-state index contributed by atoms with van der Waals surface area (Å²) in [6, 6.07) is 29.2. The number of hydrogen-bond acceptors (Lipinski definition) is 1. The van der Waals surface area contributed by atoms with Crippen LogP contribution in [0.3, 0.4) is 0 Å². The molecule has 0 atom stereocenters. The van der Waals surface area contributed by atoms with Gasteiger partial charge in [0, 0.05) is 22.3 Å². The quantitative estimate of drug-likeness (QED) is 0.295. The van der Waals surface area contributed by atoms with Gasteiger partial charge in [-0.15, -0.1) is 0 Å². The lowest BCUT2D eigenvalue weighted by atomic mass is 9.81.